The molecule has 2 heterocycles. The fourth-order valence-electron chi connectivity index (χ4n) is 2.45. The summed E-state index contributed by atoms with van der Waals surface area (Å²) in [5, 5.41) is 4.11. The molecule has 1 aromatic heterocycles. The zero-order valence-corrected chi connectivity index (χ0v) is 11.4. The Kier molecular flexibility index (Phi) is 4.08. The van der Waals surface area contributed by atoms with Gasteiger partial charge in [-0.2, -0.15) is 4.98 Å². The second kappa shape index (κ2) is 6.15. The number of ether oxygens (including phenoxy) is 1. The minimum Gasteiger partial charge on any atom is -0.381 e. The van der Waals surface area contributed by atoms with Crippen LogP contribution >= 0.6 is 0 Å². The summed E-state index contributed by atoms with van der Waals surface area (Å²) in [7, 11) is 0. The largest absolute Gasteiger partial charge is 0.381 e. The first-order chi connectivity index (χ1) is 9.86. The lowest BCUT2D eigenvalue weighted by Gasteiger charge is -2.18. The molecule has 0 amide bonds. The molecule has 0 atom stereocenters. The minimum absolute atomic E-state index is 0.359. The van der Waals surface area contributed by atoms with Gasteiger partial charge in [-0.3, -0.25) is 0 Å². The Balaban J connectivity index is 1.75. The molecule has 0 unspecified atom stereocenters. The van der Waals surface area contributed by atoms with Crippen molar-refractivity contribution >= 4 is 0 Å². The van der Waals surface area contributed by atoms with Gasteiger partial charge in [-0.15, -0.1) is 0 Å². The van der Waals surface area contributed by atoms with E-state index in [4.69, 9.17) is 15.0 Å². The fraction of sp³-hybridized carbons (Fsp3) is 0.467. The second-order valence-electron chi connectivity index (χ2n) is 5.08. The summed E-state index contributed by atoms with van der Waals surface area (Å²) in [6.45, 7) is 2.22. The Bertz CT molecular complexity index is 545. The molecule has 5 nitrogen and oxygen atoms in total. The Hall–Kier alpha value is -1.72. The zero-order valence-electron chi connectivity index (χ0n) is 11.4. The maximum absolute atomic E-state index is 5.54. The second-order valence-corrected chi connectivity index (χ2v) is 5.08. The number of aromatic nitrogens is 2. The highest BCUT2D eigenvalue weighted by Gasteiger charge is 2.21. The Labute approximate surface area is 118 Å². The van der Waals surface area contributed by atoms with Crippen molar-refractivity contribution in [2.75, 3.05) is 19.8 Å². The molecular formula is C15H19N3O2. The monoisotopic (exact) mass is 273 g/mol. The van der Waals surface area contributed by atoms with Crippen molar-refractivity contribution in [2.24, 2.45) is 5.73 Å². The first kappa shape index (κ1) is 13.3. The number of benzene rings is 1. The van der Waals surface area contributed by atoms with Gasteiger partial charge in [-0.05, 0) is 43.5 Å². The van der Waals surface area contributed by atoms with Gasteiger partial charge in [0.2, 0.25) is 0 Å². The predicted octanol–water partition coefficient (Wildman–Crippen LogP) is 2.13. The smallest absolute Gasteiger partial charge is 0.257 e. The molecule has 0 radical (unpaired) electrons. The van der Waals surface area contributed by atoms with Crippen LogP contribution in [0.1, 0.15) is 30.1 Å². The van der Waals surface area contributed by atoms with Gasteiger partial charge < -0.3 is 15.0 Å². The third kappa shape index (κ3) is 2.89. The molecule has 5 heteroatoms. The van der Waals surface area contributed by atoms with Crippen molar-refractivity contribution in [3.8, 4) is 11.5 Å². The summed E-state index contributed by atoms with van der Waals surface area (Å²) in [5.74, 6) is 1.75. The molecule has 3 rings (SSSR count). The first-order valence-corrected chi connectivity index (χ1v) is 7.07. The van der Waals surface area contributed by atoms with Gasteiger partial charge in [0.15, 0.2) is 5.82 Å². The van der Waals surface area contributed by atoms with Gasteiger partial charge in [0.05, 0.1) is 0 Å². The molecule has 20 heavy (non-hydrogen) atoms. The van der Waals surface area contributed by atoms with Gasteiger partial charge in [0.25, 0.3) is 5.89 Å². The van der Waals surface area contributed by atoms with Crippen LogP contribution in [0.15, 0.2) is 28.8 Å². The molecule has 106 valence electrons. The topological polar surface area (TPSA) is 74.2 Å². The molecule has 0 bridgehead atoms. The first-order valence-electron chi connectivity index (χ1n) is 7.07. The van der Waals surface area contributed by atoms with E-state index in [9.17, 15) is 0 Å². The molecule has 0 spiro atoms. The van der Waals surface area contributed by atoms with Crippen LogP contribution in [0.25, 0.3) is 11.5 Å². The third-order valence-electron chi connectivity index (χ3n) is 3.66. The average molecular weight is 273 g/mol. The molecule has 1 fully saturated rings. The molecule has 2 N–H and O–H groups in total. The highest BCUT2D eigenvalue weighted by Crippen LogP contribution is 2.27. The van der Waals surface area contributed by atoms with E-state index in [0.717, 1.165) is 43.9 Å². The van der Waals surface area contributed by atoms with Crippen molar-refractivity contribution in [3.05, 3.63) is 35.7 Å². The van der Waals surface area contributed by atoms with Crippen molar-refractivity contribution < 1.29 is 9.26 Å². The van der Waals surface area contributed by atoms with Crippen LogP contribution in [-0.4, -0.2) is 29.9 Å². The highest BCUT2D eigenvalue weighted by molar-refractivity contribution is 5.53. The van der Waals surface area contributed by atoms with Crippen LogP contribution in [0.4, 0.5) is 0 Å². The molecule has 1 aromatic carbocycles. The Morgan fingerprint density at radius 2 is 1.90 bits per heavy atom. The summed E-state index contributed by atoms with van der Waals surface area (Å²) in [4.78, 5) is 4.52. The van der Waals surface area contributed by atoms with Crippen LogP contribution in [-0.2, 0) is 11.2 Å². The minimum atomic E-state index is 0.359. The van der Waals surface area contributed by atoms with Crippen molar-refractivity contribution in [1.82, 2.24) is 10.1 Å². The lowest BCUT2D eigenvalue weighted by Crippen LogP contribution is -2.15. The van der Waals surface area contributed by atoms with Crippen molar-refractivity contribution in [3.63, 3.8) is 0 Å². The standard InChI is InChI=1S/C15H19N3O2/c16-8-5-11-1-3-13(4-2-11)15-17-14(18-20-15)12-6-9-19-10-7-12/h1-4,12H,5-10,16H2. The lowest BCUT2D eigenvalue weighted by atomic mass is 10.00. The molecule has 0 saturated carbocycles. The van der Waals surface area contributed by atoms with Crippen LogP contribution in [0.5, 0.6) is 0 Å². The maximum Gasteiger partial charge on any atom is 0.257 e. The molecule has 2 aromatic rings. The highest BCUT2D eigenvalue weighted by atomic mass is 16.5. The van der Waals surface area contributed by atoms with Gasteiger partial charge in [-0.1, -0.05) is 17.3 Å². The van der Waals surface area contributed by atoms with E-state index in [-0.39, 0.29) is 0 Å². The molecule has 1 aliphatic rings. The van der Waals surface area contributed by atoms with E-state index in [1.807, 2.05) is 12.1 Å². The predicted molar refractivity (Wildman–Crippen MR) is 75.3 cm³/mol. The number of nitrogens with zero attached hydrogens (tertiary/aromatic N) is 2. The fourth-order valence-corrected chi connectivity index (χ4v) is 2.45. The van der Waals surface area contributed by atoms with Crippen LogP contribution in [0.3, 0.4) is 0 Å². The molecule has 0 aliphatic carbocycles. The van der Waals surface area contributed by atoms with E-state index in [0.29, 0.717) is 18.4 Å². The number of nitrogens with two attached hydrogens (primary N) is 1. The van der Waals surface area contributed by atoms with Gasteiger partial charge in [-0.25, -0.2) is 0 Å². The average Bonchev–Trinajstić information content (AvgIpc) is 2.99. The van der Waals surface area contributed by atoms with Gasteiger partial charge in [0.1, 0.15) is 0 Å². The van der Waals surface area contributed by atoms with Gasteiger partial charge in [0, 0.05) is 24.7 Å². The maximum atomic E-state index is 5.54. The summed E-state index contributed by atoms with van der Waals surface area (Å²) in [6, 6.07) is 8.12. The number of rotatable bonds is 4. The molecule has 1 saturated heterocycles. The summed E-state index contributed by atoms with van der Waals surface area (Å²) in [5.41, 5.74) is 7.72. The van der Waals surface area contributed by atoms with Crippen LogP contribution in [0, 0.1) is 0 Å². The summed E-state index contributed by atoms with van der Waals surface area (Å²) in [6.07, 6.45) is 2.82. The van der Waals surface area contributed by atoms with E-state index in [1.54, 1.807) is 0 Å². The number of hydrogen-bond donors (Lipinski definition) is 1. The normalized spacial score (nSPS) is 16.4. The van der Waals surface area contributed by atoms with Crippen LogP contribution < -0.4 is 5.73 Å². The third-order valence-corrected chi connectivity index (χ3v) is 3.66. The Morgan fingerprint density at radius 1 is 1.15 bits per heavy atom. The quantitative estimate of drug-likeness (QED) is 0.923. The summed E-state index contributed by atoms with van der Waals surface area (Å²) >= 11 is 0. The van der Waals surface area contributed by atoms with Crippen molar-refractivity contribution in [2.45, 2.75) is 25.2 Å². The lowest BCUT2D eigenvalue weighted by molar-refractivity contribution is 0.0830. The van der Waals surface area contributed by atoms with E-state index in [2.05, 4.69) is 22.3 Å². The van der Waals surface area contributed by atoms with E-state index >= 15 is 0 Å². The molecule has 1 aliphatic heterocycles. The van der Waals surface area contributed by atoms with Crippen LogP contribution in [0.2, 0.25) is 0 Å². The Morgan fingerprint density at radius 3 is 2.60 bits per heavy atom. The number of hydrogen-bond acceptors (Lipinski definition) is 5. The molecular weight excluding hydrogens is 254 g/mol. The van der Waals surface area contributed by atoms with E-state index in [1.165, 1.54) is 5.56 Å². The SMILES string of the molecule is NCCc1ccc(-c2nc(C3CCOCC3)no2)cc1. The van der Waals surface area contributed by atoms with Gasteiger partial charge >= 0.3 is 0 Å². The summed E-state index contributed by atoms with van der Waals surface area (Å²) < 4.78 is 10.7. The van der Waals surface area contributed by atoms with E-state index < -0.39 is 0 Å². The zero-order chi connectivity index (χ0) is 13.8. The van der Waals surface area contributed by atoms with Crippen molar-refractivity contribution in [1.29, 1.82) is 0 Å².